The zero-order valence-corrected chi connectivity index (χ0v) is 13.3. The second-order valence-corrected chi connectivity index (χ2v) is 6.08. The van der Waals surface area contributed by atoms with E-state index in [4.69, 9.17) is 4.74 Å². The molecule has 1 aliphatic rings. The number of nitrogens with zero attached hydrogens (tertiary/aromatic N) is 5. The summed E-state index contributed by atoms with van der Waals surface area (Å²) in [6.45, 7) is 1.73. The maximum atomic E-state index is 12.7. The minimum atomic E-state index is -4.41. The van der Waals surface area contributed by atoms with Gasteiger partial charge in [-0.2, -0.15) is 22.6 Å². The third kappa shape index (κ3) is 3.63. The van der Waals surface area contributed by atoms with Crippen LogP contribution in [0.25, 0.3) is 0 Å². The molecule has 0 aliphatic carbocycles. The van der Waals surface area contributed by atoms with Crippen LogP contribution in [-0.4, -0.2) is 39.3 Å². The molecule has 1 atom stereocenters. The standard InChI is InChI=1S/C13H16F3N5OS/c1-22-8-11-17-12(23-19-11)20-5-2-3-9(7-20)21-6-4-10(18-21)13(14,15)16/h4,6,9H,2-3,5,7-8H2,1H3. The largest absolute Gasteiger partial charge is 0.435 e. The van der Waals surface area contributed by atoms with Gasteiger partial charge in [-0.3, -0.25) is 4.68 Å². The molecule has 3 rings (SSSR count). The molecule has 23 heavy (non-hydrogen) atoms. The van der Waals surface area contributed by atoms with E-state index in [1.165, 1.54) is 22.4 Å². The molecule has 0 aromatic carbocycles. The third-order valence-corrected chi connectivity index (χ3v) is 4.49. The highest BCUT2D eigenvalue weighted by molar-refractivity contribution is 7.09. The van der Waals surface area contributed by atoms with Crippen molar-refractivity contribution in [2.45, 2.75) is 31.7 Å². The van der Waals surface area contributed by atoms with Crippen LogP contribution < -0.4 is 4.90 Å². The number of piperidine rings is 1. The second-order valence-electron chi connectivity index (χ2n) is 5.35. The van der Waals surface area contributed by atoms with E-state index in [0.717, 1.165) is 30.6 Å². The van der Waals surface area contributed by atoms with Crippen LogP contribution >= 0.6 is 11.5 Å². The summed E-state index contributed by atoms with van der Waals surface area (Å²) in [5.41, 5.74) is -0.854. The summed E-state index contributed by atoms with van der Waals surface area (Å²) in [4.78, 5) is 6.44. The minimum absolute atomic E-state index is 0.102. The van der Waals surface area contributed by atoms with Crippen LogP contribution in [0.1, 0.15) is 30.4 Å². The van der Waals surface area contributed by atoms with Crippen LogP contribution in [-0.2, 0) is 17.5 Å². The summed E-state index contributed by atoms with van der Waals surface area (Å²) in [5, 5.41) is 4.45. The van der Waals surface area contributed by atoms with Crippen LogP contribution in [0.4, 0.5) is 18.3 Å². The summed E-state index contributed by atoms with van der Waals surface area (Å²) in [5.74, 6) is 0.619. The van der Waals surface area contributed by atoms with E-state index >= 15 is 0 Å². The van der Waals surface area contributed by atoms with Gasteiger partial charge in [0.1, 0.15) is 6.61 Å². The molecule has 0 spiro atoms. The molecule has 1 unspecified atom stereocenters. The van der Waals surface area contributed by atoms with E-state index in [9.17, 15) is 13.2 Å². The summed E-state index contributed by atoms with van der Waals surface area (Å²) < 4.78 is 48.6. The zero-order chi connectivity index (χ0) is 16.4. The number of methoxy groups -OCH3 is 1. The average molecular weight is 347 g/mol. The molecule has 2 aromatic rings. The van der Waals surface area contributed by atoms with Crippen molar-refractivity contribution in [1.82, 2.24) is 19.1 Å². The van der Waals surface area contributed by atoms with Gasteiger partial charge < -0.3 is 9.64 Å². The van der Waals surface area contributed by atoms with Gasteiger partial charge in [0.05, 0.1) is 6.04 Å². The van der Waals surface area contributed by atoms with Crippen LogP contribution in [0.3, 0.4) is 0 Å². The number of anilines is 1. The molecule has 1 saturated heterocycles. The smallest absolute Gasteiger partial charge is 0.377 e. The van der Waals surface area contributed by atoms with Gasteiger partial charge in [0.25, 0.3) is 0 Å². The predicted molar refractivity (Wildman–Crippen MR) is 78.3 cm³/mol. The van der Waals surface area contributed by atoms with Crippen molar-refractivity contribution < 1.29 is 17.9 Å². The van der Waals surface area contributed by atoms with Gasteiger partial charge in [-0.25, -0.2) is 4.98 Å². The quantitative estimate of drug-likeness (QED) is 0.851. The maximum Gasteiger partial charge on any atom is 0.435 e. The average Bonchev–Trinajstić information content (AvgIpc) is 3.16. The van der Waals surface area contributed by atoms with Gasteiger partial charge in [-0.1, -0.05) is 0 Å². The lowest BCUT2D eigenvalue weighted by Crippen LogP contribution is -2.36. The zero-order valence-electron chi connectivity index (χ0n) is 12.5. The molecular formula is C13H16F3N5OS. The van der Waals surface area contributed by atoms with E-state index in [-0.39, 0.29) is 6.04 Å². The molecule has 3 heterocycles. The monoisotopic (exact) mass is 347 g/mol. The van der Waals surface area contributed by atoms with Crippen LogP contribution in [0, 0.1) is 0 Å². The van der Waals surface area contributed by atoms with Gasteiger partial charge in [-0.15, -0.1) is 0 Å². The van der Waals surface area contributed by atoms with Crippen LogP contribution in [0.5, 0.6) is 0 Å². The second kappa shape index (κ2) is 6.44. The normalized spacial score (nSPS) is 19.3. The first-order valence-corrected chi connectivity index (χ1v) is 7.93. The number of hydrogen-bond donors (Lipinski definition) is 0. The van der Waals surface area contributed by atoms with Crippen molar-refractivity contribution >= 4 is 16.7 Å². The fourth-order valence-corrected chi connectivity index (χ4v) is 3.31. The summed E-state index contributed by atoms with van der Waals surface area (Å²) >= 11 is 1.28. The Bertz CT molecular complexity index is 656. The van der Waals surface area contributed by atoms with E-state index < -0.39 is 11.9 Å². The van der Waals surface area contributed by atoms with Crippen molar-refractivity contribution in [2.24, 2.45) is 0 Å². The number of aromatic nitrogens is 4. The van der Waals surface area contributed by atoms with E-state index in [2.05, 4.69) is 14.5 Å². The van der Waals surface area contributed by atoms with E-state index in [0.29, 0.717) is 19.0 Å². The Morgan fingerprint density at radius 3 is 2.96 bits per heavy atom. The molecule has 126 valence electrons. The number of halogens is 3. The first-order valence-electron chi connectivity index (χ1n) is 7.16. The Hall–Kier alpha value is -1.68. The number of ether oxygens (including phenoxy) is 1. The molecule has 0 radical (unpaired) electrons. The lowest BCUT2D eigenvalue weighted by molar-refractivity contribution is -0.141. The molecule has 1 aliphatic heterocycles. The Morgan fingerprint density at radius 2 is 2.26 bits per heavy atom. The van der Waals surface area contributed by atoms with Crippen molar-refractivity contribution in [3.05, 3.63) is 23.8 Å². The molecule has 0 saturated carbocycles. The molecule has 2 aromatic heterocycles. The molecule has 0 N–H and O–H groups in total. The minimum Gasteiger partial charge on any atom is -0.377 e. The number of rotatable bonds is 4. The summed E-state index contributed by atoms with van der Waals surface area (Å²) in [7, 11) is 1.58. The fourth-order valence-electron chi connectivity index (χ4n) is 2.60. The van der Waals surface area contributed by atoms with Gasteiger partial charge in [0, 0.05) is 37.9 Å². The van der Waals surface area contributed by atoms with Crippen molar-refractivity contribution in [3.8, 4) is 0 Å². The highest BCUT2D eigenvalue weighted by atomic mass is 32.1. The van der Waals surface area contributed by atoms with Crippen molar-refractivity contribution in [2.75, 3.05) is 25.1 Å². The van der Waals surface area contributed by atoms with Crippen molar-refractivity contribution in [3.63, 3.8) is 0 Å². The Balaban J connectivity index is 1.71. The first kappa shape index (κ1) is 16.2. The lowest BCUT2D eigenvalue weighted by Gasteiger charge is -2.32. The Labute approximate surface area is 135 Å². The third-order valence-electron chi connectivity index (χ3n) is 3.67. The van der Waals surface area contributed by atoms with Crippen LogP contribution in [0.2, 0.25) is 0 Å². The molecular weight excluding hydrogens is 331 g/mol. The first-order chi connectivity index (χ1) is 11.0. The van der Waals surface area contributed by atoms with Gasteiger partial charge >= 0.3 is 6.18 Å². The molecule has 0 bridgehead atoms. The SMILES string of the molecule is COCc1nsc(N2CCCC(n3ccc(C(F)(F)F)n3)C2)n1. The van der Waals surface area contributed by atoms with E-state index in [1.54, 1.807) is 7.11 Å². The number of hydrogen-bond acceptors (Lipinski definition) is 6. The van der Waals surface area contributed by atoms with Crippen molar-refractivity contribution in [1.29, 1.82) is 0 Å². The van der Waals surface area contributed by atoms with Gasteiger partial charge in [0.15, 0.2) is 11.5 Å². The van der Waals surface area contributed by atoms with E-state index in [1.807, 2.05) is 4.90 Å². The Morgan fingerprint density at radius 1 is 1.43 bits per heavy atom. The fraction of sp³-hybridized carbons (Fsp3) is 0.615. The summed E-state index contributed by atoms with van der Waals surface area (Å²) in [6.07, 6.45) is -1.36. The number of alkyl halides is 3. The highest BCUT2D eigenvalue weighted by Gasteiger charge is 2.34. The predicted octanol–water partition coefficient (Wildman–Crippen LogP) is 2.74. The molecule has 6 nitrogen and oxygen atoms in total. The van der Waals surface area contributed by atoms with Gasteiger partial charge in [-0.05, 0) is 18.9 Å². The van der Waals surface area contributed by atoms with Gasteiger partial charge in [0.2, 0.25) is 5.13 Å². The summed E-state index contributed by atoms with van der Waals surface area (Å²) in [6, 6.07) is 0.912. The molecule has 1 fully saturated rings. The highest BCUT2D eigenvalue weighted by Crippen LogP contribution is 2.30. The Kier molecular flexibility index (Phi) is 4.53. The lowest BCUT2D eigenvalue weighted by atomic mass is 10.1. The molecule has 10 heteroatoms. The topological polar surface area (TPSA) is 56.1 Å². The maximum absolute atomic E-state index is 12.7. The molecule has 0 amide bonds. The van der Waals surface area contributed by atoms with Crippen LogP contribution in [0.15, 0.2) is 12.3 Å².